The van der Waals surface area contributed by atoms with Crippen LogP contribution in [0.4, 0.5) is 0 Å². The Morgan fingerprint density at radius 3 is 2.26 bits per heavy atom. The van der Waals surface area contributed by atoms with Crippen molar-refractivity contribution in [3.05, 3.63) is 21.9 Å². The van der Waals surface area contributed by atoms with E-state index in [2.05, 4.69) is 18.4 Å². The van der Waals surface area contributed by atoms with Gasteiger partial charge in [0, 0.05) is 22.2 Å². The number of aryl methyl sites for hydroxylation is 1. The molecule has 1 heterocycles. The fraction of sp³-hybridized carbons (Fsp3) is 0.706. The number of thiophene rings is 1. The summed E-state index contributed by atoms with van der Waals surface area (Å²) in [4.78, 5) is 13.8. The Bertz CT molecular complexity index is 478. The predicted molar refractivity (Wildman–Crippen MR) is 78.6 cm³/mol. The molecular weight excluding hydrogens is 252 g/mol. The predicted octanol–water partition coefficient (Wildman–Crippen LogP) is 4.85. The molecule has 0 unspecified atom stereocenters. The third kappa shape index (κ3) is 2.08. The molecule has 0 aromatic carbocycles. The lowest BCUT2D eigenvalue weighted by atomic mass is 9.48. The van der Waals surface area contributed by atoms with Crippen LogP contribution in [0.15, 0.2) is 11.4 Å². The van der Waals surface area contributed by atoms with Crippen molar-refractivity contribution in [2.75, 3.05) is 0 Å². The lowest BCUT2D eigenvalue weighted by Crippen LogP contribution is -2.46. The van der Waals surface area contributed by atoms with Crippen molar-refractivity contribution in [1.82, 2.24) is 0 Å². The minimum atomic E-state index is 0.391. The number of ketones is 1. The van der Waals surface area contributed by atoms with Crippen LogP contribution in [0.5, 0.6) is 0 Å². The van der Waals surface area contributed by atoms with Crippen molar-refractivity contribution < 1.29 is 4.79 Å². The molecule has 0 radical (unpaired) electrons. The Morgan fingerprint density at radius 2 is 1.79 bits per heavy atom. The van der Waals surface area contributed by atoms with Crippen LogP contribution >= 0.6 is 11.3 Å². The maximum Gasteiger partial charge on any atom is 0.164 e. The standard InChI is InChI=1S/C17H22OS/c1-11-2-15(10-19-11)16(18)9-17-6-12-3-13(7-17)5-14(4-12)8-17/h2,10,12-14H,3-9H2,1H3. The summed E-state index contributed by atoms with van der Waals surface area (Å²) in [6.45, 7) is 2.09. The highest BCUT2D eigenvalue weighted by Gasteiger charge is 2.51. The molecule has 4 aliphatic rings. The molecule has 4 bridgehead atoms. The van der Waals surface area contributed by atoms with E-state index in [0.717, 1.165) is 29.7 Å². The lowest BCUT2D eigenvalue weighted by molar-refractivity contribution is -0.0524. The molecule has 0 spiro atoms. The number of hydrogen-bond acceptors (Lipinski definition) is 2. The minimum Gasteiger partial charge on any atom is -0.294 e. The van der Waals surface area contributed by atoms with Gasteiger partial charge in [-0.05, 0) is 74.7 Å². The van der Waals surface area contributed by atoms with Crippen molar-refractivity contribution in [3.63, 3.8) is 0 Å². The number of rotatable bonds is 3. The molecule has 2 heteroatoms. The average Bonchev–Trinajstić information content (AvgIpc) is 2.73. The van der Waals surface area contributed by atoms with E-state index in [4.69, 9.17) is 0 Å². The molecule has 0 aliphatic heterocycles. The Morgan fingerprint density at radius 1 is 1.21 bits per heavy atom. The van der Waals surface area contributed by atoms with E-state index in [9.17, 15) is 4.79 Å². The zero-order valence-electron chi connectivity index (χ0n) is 11.7. The van der Waals surface area contributed by atoms with Gasteiger partial charge in [0.2, 0.25) is 0 Å². The fourth-order valence-corrected chi connectivity index (χ4v) is 6.25. The SMILES string of the molecule is Cc1cc(C(=O)CC23CC4CC(CC(C4)C2)C3)cs1. The molecule has 1 aromatic heterocycles. The number of carbonyl (C=O) groups excluding carboxylic acids is 1. The Balaban J connectivity index is 1.54. The summed E-state index contributed by atoms with van der Waals surface area (Å²) in [6, 6.07) is 2.08. The molecule has 0 amide bonds. The maximum atomic E-state index is 12.5. The van der Waals surface area contributed by atoms with E-state index in [0.29, 0.717) is 11.2 Å². The van der Waals surface area contributed by atoms with Crippen molar-refractivity contribution in [2.45, 2.75) is 51.9 Å². The van der Waals surface area contributed by atoms with Crippen LogP contribution in [-0.2, 0) is 0 Å². The van der Waals surface area contributed by atoms with E-state index >= 15 is 0 Å². The first kappa shape index (κ1) is 12.1. The van der Waals surface area contributed by atoms with Crippen molar-refractivity contribution in [1.29, 1.82) is 0 Å². The fourth-order valence-electron chi connectivity index (χ4n) is 5.54. The minimum absolute atomic E-state index is 0.391. The molecule has 4 aliphatic carbocycles. The van der Waals surface area contributed by atoms with Crippen molar-refractivity contribution >= 4 is 17.1 Å². The van der Waals surface area contributed by atoms with E-state index in [1.165, 1.54) is 43.4 Å². The second-order valence-corrected chi connectivity index (χ2v) is 8.58. The number of carbonyl (C=O) groups is 1. The van der Waals surface area contributed by atoms with Crippen LogP contribution in [0, 0.1) is 30.1 Å². The van der Waals surface area contributed by atoms with E-state index in [1.54, 1.807) is 11.3 Å². The number of hydrogen-bond donors (Lipinski definition) is 0. The van der Waals surface area contributed by atoms with Crippen LogP contribution in [0.1, 0.15) is 60.2 Å². The van der Waals surface area contributed by atoms with Gasteiger partial charge in [-0.2, -0.15) is 0 Å². The molecule has 0 atom stereocenters. The van der Waals surface area contributed by atoms with Crippen molar-refractivity contribution in [3.8, 4) is 0 Å². The Hall–Kier alpha value is -0.630. The second kappa shape index (κ2) is 4.18. The molecule has 1 nitrogen and oxygen atoms in total. The number of Topliss-reactive ketones (excluding diaryl/α,β-unsaturated/α-hetero) is 1. The summed E-state index contributed by atoms with van der Waals surface area (Å²) >= 11 is 1.70. The first-order chi connectivity index (χ1) is 9.12. The van der Waals surface area contributed by atoms with Crippen LogP contribution in [0.2, 0.25) is 0 Å². The first-order valence-electron chi connectivity index (χ1n) is 7.70. The van der Waals surface area contributed by atoms with Crippen LogP contribution in [0.25, 0.3) is 0 Å². The van der Waals surface area contributed by atoms with Gasteiger partial charge < -0.3 is 0 Å². The van der Waals surface area contributed by atoms with E-state index in [1.807, 2.05) is 0 Å². The highest BCUT2D eigenvalue weighted by molar-refractivity contribution is 7.10. The zero-order valence-corrected chi connectivity index (χ0v) is 12.5. The molecular formula is C17H22OS. The molecule has 4 fully saturated rings. The monoisotopic (exact) mass is 274 g/mol. The Kier molecular flexibility index (Phi) is 2.67. The van der Waals surface area contributed by atoms with Gasteiger partial charge in [-0.3, -0.25) is 4.79 Å². The Labute approximate surface area is 119 Å². The van der Waals surface area contributed by atoms with Gasteiger partial charge in [-0.15, -0.1) is 11.3 Å². The van der Waals surface area contributed by atoms with Gasteiger partial charge >= 0.3 is 0 Å². The summed E-state index contributed by atoms with van der Waals surface area (Å²) in [7, 11) is 0. The third-order valence-electron chi connectivity index (χ3n) is 5.75. The third-order valence-corrected chi connectivity index (χ3v) is 6.61. The van der Waals surface area contributed by atoms with Gasteiger partial charge in [0.1, 0.15) is 0 Å². The molecule has 5 rings (SSSR count). The van der Waals surface area contributed by atoms with Crippen molar-refractivity contribution in [2.24, 2.45) is 23.2 Å². The summed E-state index contributed by atoms with van der Waals surface area (Å²) in [5.41, 5.74) is 1.36. The van der Waals surface area contributed by atoms with E-state index < -0.39 is 0 Å². The first-order valence-corrected chi connectivity index (χ1v) is 8.58. The second-order valence-electron chi connectivity index (χ2n) is 7.46. The molecule has 0 N–H and O–H groups in total. The summed E-state index contributed by atoms with van der Waals surface area (Å²) in [5.74, 6) is 3.25. The highest BCUT2D eigenvalue weighted by Crippen LogP contribution is 2.61. The molecule has 4 saturated carbocycles. The van der Waals surface area contributed by atoms with Gasteiger partial charge in [0.25, 0.3) is 0 Å². The molecule has 1 aromatic rings. The normalized spacial score (nSPS) is 39.7. The highest BCUT2D eigenvalue weighted by atomic mass is 32.1. The van der Waals surface area contributed by atoms with E-state index in [-0.39, 0.29) is 0 Å². The topological polar surface area (TPSA) is 17.1 Å². The summed E-state index contributed by atoms with van der Waals surface area (Å²) in [5, 5.41) is 2.05. The van der Waals surface area contributed by atoms with Crippen LogP contribution in [-0.4, -0.2) is 5.78 Å². The molecule has 102 valence electrons. The smallest absolute Gasteiger partial charge is 0.164 e. The van der Waals surface area contributed by atoms with Gasteiger partial charge in [-0.25, -0.2) is 0 Å². The lowest BCUT2D eigenvalue weighted by Gasteiger charge is -2.56. The molecule has 19 heavy (non-hydrogen) atoms. The maximum absolute atomic E-state index is 12.5. The molecule has 0 saturated heterocycles. The van der Waals surface area contributed by atoms with Crippen LogP contribution < -0.4 is 0 Å². The van der Waals surface area contributed by atoms with Gasteiger partial charge in [0.05, 0.1) is 0 Å². The van der Waals surface area contributed by atoms with Gasteiger partial charge in [0.15, 0.2) is 5.78 Å². The van der Waals surface area contributed by atoms with Crippen LogP contribution in [0.3, 0.4) is 0 Å². The zero-order chi connectivity index (χ0) is 13.0. The summed E-state index contributed by atoms with van der Waals surface area (Å²) in [6.07, 6.45) is 9.24. The summed E-state index contributed by atoms with van der Waals surface area (Å²) < 4.78 is 0. The average molecular weight is 274 g/mol. The largest absolute Gasteiger partial charge is 0.294 e. The van der Waals surface area contributed by atoms with Gasteiger partial charge in [-0.1, -0.05) is 0 Å². The quantitative estimate of drug-likeness (QED) is 0.720.